The zero-order valence-electron chi connectivity index (χ0n) is 8.29. The van der Waals surface area contributed by atoms with Crippen molar-refractivity contribution in [2.45, 2.75) is 19.3 Å². The van der Waals surface area contributed by atoms with Gasteiger partial charge in [-0.25, -0.2) is 0 Å². The molecule has 0 aliphatic carbocycles. The number of carbonyl (C=O) groups is 2. The summed E-state index contributed by atoms with van der Waals surface area (Å²) < 4.78 is 0. The van der Waals surface area contributed by atoms with Gasteiger partial charge in [-0.2, -0.15) is 0 Å². The monoisotopic (exact) mass is 196 g/mol. The van der Waals surface area contributed by atoms with Crippen LogP contribution < -0.4 is 5.32 Å². The molecule has 0 bridgehead atoms. The van der Waals surface area contributed by atoms with Crippen molar-refractivity contribution < 1.29 is 9.59 Å². The predicted octanol–water partition coefficient (Wildman–Crippen LogP) is 0.301. The Kier molecular flexibility index (Phi) is 4.16. The molecule has 0 aromatic carbocycles. The highest BCUT2D eigenvalue weighted by Crippen LogP contribution is 2.09. The quantitative estimate of drug-likeness (QED) is 0.657. The van der Waals surface area contributed by atoms with Crippen molar-refractivity contribution in [3.8, 4) is 0 Å². The van der Waals surface area contributed by atoms with E-state index in [2.05, 4.69) is 11.9 Å². The van der Waals surface area contributed by atoms with Crippen LogP contribution in [0.5, 0.6) is 0 Å². The van der Waals surface area contributed by atoms with Gasteiger partial charge in [-0.15, -0.1) is 6.58 Å². The van der Waals surface area contributed by atoms with Gasteiger partial charge in [0.1, 0.15) is 0 Å². The molecule has 1 saturated heterocycles. The third-order valence-electron chi connectivity index (χ3n) is 2.20. The molecular weight excluding hydrogens is 180 g/mol. The maximum Gasteiger partial charge on any atom is 0.239 e. The summed E-state index contributed by atoms with van der Waals surface area (Å²) in [6, 6.07) is 0. The minimum atomic E-state index is -0.111. The summed E-state index contributed by atoms with van der Waals surface area (Å²) in [5, 5.41) is 2.65. The van der Waals surface area contributed by atoms with Crippen LogP contribution in [-0.2, 0) is 9.59 Å². The molecule has 0 aromatic rings. The van der Waals surface area contributed by atoms with Gasteiger partial charge in [0.2, 0.25) is 11.8 Å². The number of hydrogen-bond donors (Lipinski definition) is 1. The third kappa shape index (κ3) is 3.20. The van der Waals surface area contributed by atoms with Crippen molar-refractivity contribution in [2.75, 3.05) is 19.6 Å². The molecule has 1 aliphatic heterocycles. The number of nitrogens with zero attached hydrogens (tertiary/aromatic N) is 1. The predicted molar refractivity (Wildman–Crippen MR) is 53.6 cm³/mol. The van der Waals surface area contributed by atoms with Gasteiger partial charge in [-0.3, -0.25) is 9.59 Å². The lowest BCUT2D eigenvalue weighted by Crippen LogP contribution is -2.42. The lowest BCUT2D eigenvalue weighted by Gasteiger charge is -2.25. The van der Waals surface area contributed by atoms with Crippen LogP contribution in [0.2, 0.25) is 0 Å². The molecule has 1 heterocycles. The van der Waals surface area contributed by atoms with Crippen LogP contribution in [0.15, 0.2) is 12.7 Å². The van der Waals surface area contributed by atoms with E-state index in [0.29, 0.717) is 19.5 Å². The molecule has 0 spiro atoms. The van der Waals surface area contributed by atoms with Crippen LogP contribution in [0.1, 0.15) is 19.3 Å². The Balaban J connectivity index is 2.30. The SMILES string of the molecule is C=CCNC(=O)CN1CCCCC1=O. The second kappa shape index (κ2) is 5.42. The maximum atomic E-state index is 11.3. The van der Waals surface area contributed by atoms with Gasteiger partial charge in [-0.05, 0) is 12.8 Å². The van der Waals surface area contributed by atoms with E-state index in [4.69, 9.17) is 0 Å². The number of hydrogen-bond acceptors (Lipinski definition) is 2. The average molecular weight is 196 g/mol. The second-order valence-corrected chi connectivity index (χ2v) is 3.37. The fourth-order valence-corrected chi connectivity index (χ4v) is 1.44. The first-order valence-corrected chi connectivity index (χ1v) is 4.89. The molecule has 14 heavy (non-hydrogen) atoms. The average Bonchev–Trinajstić information content (AvgIpc) is 2.18. The minimum Gasteiger partial charge on any atom is -0.351 e. The number of carbonyl (C=O) groups excluding carboxylic acids is 2. The summed E-state index contributed by atoms with van der Waals surface area (Å²) in [4.78, 5) is 24.2. The molecule has 1 rings (SSSR count). The summed E-state index contributed by atoms with van der Waals surface area (Å²) >= 11 is 0. The second-order valence-electron chi connectivity index (χ2n) is 3.37. The summed E-state index contributed by atoms with van der Waals surface area (Å²) in [5.74, 6) is -0.0230. The number of piperidine rings is 1. The highest BCUT2D eigenvalue weighted by Gasteiger charge is 2.19. The molecule has 0 atom stereocenters. The van der Waals surface area contributed by atoms with Crippen LogP contribution in [0.25, 0.3) is 0 Å². The van der Waals surface area contributed by atoms with Gasteiger partial charge in [-0.1, -0.05) is 6.08 Å². The fourth-order valence-electron chi connectivity index (χ4n) is 1.44. The van der Waals surface area contributed by atoms with Crippen molar-refractivity contribution >= 4 is 11.8 Å². The van der Waals surface area contributed by atoms with E-state index in [1.165, 1.54) is 0 Å². The van der Waals surface area contributed by atoms with E-state index in [1.807, 2.05) is 0 Å². The van der Waals surface area contributed by atoms with Crippen molar-refractivity contribution in [2.24, 2.45) is 0 Å². The summed E-state index contributed by atoms with van der Waals surface area (Å²) in [6.07, 6.45) is 4.15. The van der Waals surface area contributed by atoms with Crippen LogP contribution in [0.4, 0.5) is 0 Å². The topological polar surface area (TPSA) is 49.4 Å². The fraction of sp³-hybridized carbons (Fsp3) is 0.600. The lowest BCUT2D eigenvalue weighted by molar-refractivity contribution is -0.137. The molecule has 1 fully saturated rings. The number of amides is 2. The molecule has 78 valence electrons. The minimum absolute atomic E-state index is 0.0880. The van der Waals surface area contributed by atoms with Gasteiger partial charge in [0.05, 0.1) is 6.54 Å². The highest BCUT2D eigenvalue weighted by atomic mass is 16.2. The van der Waals surface area contributed by atoms with E-state index >= 15 is 0 Å². The van der Waals surface area contributed by atoms with Crippen molar-refractivity contribution in [3.63, 3.8) is 0 Å². The van der Waals surface area contributed by atoms with Crippen molar-refractivity contribution in [1.29, 1.82) is 0 Å². The van der Waals surface area contributed by atoms with Crippen LogP contribution in [0, 0.1) is 0 Å². The molecule has 4 nitrogen and oxygen atoms in total. The van der Waals surface area contributed by atoms with Gasteiger partial charge in [0.25, 0.3) is 0 Å². The van der Waals surface area contributed by atoms with Crippen molar-refractivity contribution in [3.05, 3.63) is 12.7 Å². The zero-order valence-corrected chi connectivity index (χ0v) is 8.29. The molecule has 1 aliphatic rings. The van der Waals surface area contributed by atoms with Gasteiger partial charge in [0, 0.05) is 19.5 Å². The highest BCUT2D eigenvalue weighted by molar-refractivity contribution is 5.85. The third-order valence-corrected chi connectivity index (χ3v) is 2.20. The summed E-state index contributed by atoms with van der Waals surface area (Å²) in [7, 11) is 0. The van der Waals surface area contributed by atoms with Crippen LogP contribution >= 0.6 is 0 Å². The molecule has 0 radical (unpaired) electrons. The van der Waals surface area contributed by atoms with E-state index in [0.717, 1.165) is 12.8 Å². The Labute approximate surface area is 84.0 Å². The number of rotatable bonds is 4. The largest absolute Gasteiger partial charge is 0.351 e. The Morgan fingerprint density at radius 3 is 3.00 bits per heavy atom. The zero-order chi connectivity index (χ0) is 10.4. The Morgan fingerprint density at radius 1 is 1.57 bits per heavy atom. The van der Waals surface area contributed by atoms with Crippen LogP contribution in [-0.4, -0.2) is 36.3 Å². The molecule has 4 heteroatoms. The maximum absolute atomic E-state index is 11.3. The van der Waals surface area contributed by atoms with Crippen LogP contribution in [0.3, 0.4) is 0 Å². The first-order chi connectivity index (χ1) is 6.74. The first kappa shape index (κ1) is 10.8. The number of likely N-dealkylation sites (tertiary alicyclic amines) is 1. The Hall–Kier alpha value is -1.32. The smallest absolute Gasteiger partial charge is 0.239 e. The summed E-state index contributed by atoms with van der Waals surface area (Å²) in [5.41, 5.74) is 0. The van der Waals surface area contributed by atoms with E-state index < -0.39 is 0 Å². The first-order valence-electron chi connectivity index (χ1n) is 4.89. The molecule has 0 saturated carbocycles. The van der Waals surface area contributed by atoms with Gasteiger partial charge >= 0.3 is 0 Å². The van der Waals surface area contributed by atoms with Gasteiger partial charge in [0.15, 0.2) is 0 Å². The molecular formula is C10H16N2O2. The molecule has 2 amide bonds. The molecule has 0 unspecified atom stereocenters. The van der Waals surface area contributed by atoms with Crippen molar-refractivity contribution in [1.82, 2.24) is 10.2 Å². The van der Waals surface area contributed by atoms with E-state index in [1.54, 1.807) is 11.0 Å². The number of nitrogens with one attached hydrogen (secondary N) is 1. The van der Waals surface area contributed by atoms with Gasteiger partial charge < -0.3 is 10.2 Å². The standard InChI is InChI=1S/C10H16N2O2/c1-2-6-11-9(13)8-12-7-4-3-5-10(12)14/h2H,1,3-8H2,(H,11,13). The molecule has 0 aromatic heterocycles. The van der Waals surface area contributed by atoms with E-state index in [-0.39, 0.29) is 18.4 Å². The Morgan fingerprint density at radius 2 is 2.36 bits per heavy atom. The lowest BCUT2D eigenvalue weighted by atomic mass is 10.1. The molecule has 1 N–H and O–H groups in total. The Bertz CT molecular complexity index is 238. The normalized spacial score (nSPS) is 16.6. The van der Waals surface area contributed by atoms with E-state index in [9.17, 15) is 9.59 Å². The summed E-state index contributed by atoms with van der Waals surface area (Å²) in [6.45, 7) is 4.85.